The van der Waals surface area contributed by atoms with E-state index in [9.17, 15) is 13.2 Å². The van der Waals surface area contributed by atoms with E-state index in [0.717, 1.165) is 18.5 Å². The van der Waals surface area contributed by atoms with Gasteiger partial charge in [-0.25, -0.2) is 13.1 Å². The van der Waals surface area contributed by atoms with E-state index in [1.165, 1.54) is 10.8 Å². The number of amides is 1. The highest BCUT2D eigenvalue weighted by Crippen LogP contribution is 2.39. The molecule has 6 nitrogen and oxygen atoms in total. The summed E-state index contributed by atoms with van der Waals surface area (Å²) >= 11 is 0. The van der Waals surface area contributed by atoms with Crippen LogP contribution in [0.25, 0.3) is 0 Å². The number of nitrogens with zero attached hydrogens (tertiary/aromatic N) is 2. The molecule has 2 rings (SSSR count). The normalized spacial score (nSPS) is 15.2. The van der Waals surface area contributed by atoms with E-state index in [4.69, 9.17) is 0 Å². The zero-order valence-corrected chi connectivity index (χ0v) is 11.6. The van der Waals surface area contributed by atoms with Gasteiger partial charge in [-0.2, -0.15) is 5.10 Å². The van der Waals surface area contributed by atoms with Gasteiger partial charge in [-0.3, -0.25) is 9.48 Å². The Labute approximate surface area is 112 Å². The van der Waals surface area contributed by atoms with Crippen molar-refractivity contribution < 1.29 is 13.2 Å². The fraction of sp³-hybridized carbons (Fsp3) is 0.500. The molecule has 1 N–H and O–H groups in total. The minimum Gasteiger partial charge on any atom is -0.266 e. The molecule has 0 spiro atoms. The number of hydrogen-bond donors (Lipinski definition) is 1. The lowest BCUT2D eigenvalue weighted by molar-refractivity contribution is 0.0971. The maximum atomic E-state index is 12.0. The Kier molecular flexibility index (Phi) is 3.75. The molecule has 1 heterocycles. The van der Waals surface area contributed by atoms with Crippen molar-refractivity contribution in [2.45, 2.75) is 32.2 Å². The summed E-state index contributed by atoms with van der Waals surface area (Å²) in [6.07, 6.45) is 3.40. The van der Waals surface area contributed by atoms with Crippen LogP contribution in [0.15, 0.2) is 18.7 Å². The van der Waals surface area contributed by atoms with E-state index in [0.29, 0.717) is 12.5 Å². The lowest BCUT2D eigenvalue weighted by atomic mass is 10.2. The predicted molar refractivity (Wildman–Crippen MR) is 71.3 cm³/mol. The summed E-state index contributed by atoms with van der Waals surface area (Å²) in [5.74, 6) is -0.499. The smallest absolute Gasteiger partial charge is 0.266 e. The average molecular weight is 283 g/mol. The second kappa shape index (κ2) is 5.16. The molecule has 7 heteroatoms. The third kappa shape index (κ3) is 3.23. The molecule has 19 heavy (non-hydrogen) atoms. The summed E-state index contributed by atoms with van der Waals surface area (Å²) in [6.45, 7) is 5.73. The number of hydrogen-bond acceptors (Lipinski definition) is 4. The topological polar surface area (TPSA) is 81.1 Å². The van der Waals surface area contributed by atoms with E-state index in [1.54, 1.807) is 6.07 Å². The Hall–Kier alpha value is -1.63. The van der Waals surface area contributed by atoms with Crippen molar-refractivity contribution in [2.24, 2.45) is 0 Å². The summed E-state index contributed by atoms with van der Waals surface area (Å²) in [5, 5.41) is 4.33. The lowest BCUT2D eigenvalue weighted by Gasteiger charge is -2.05. The van der Waals surface area contributed by atoms with Crippen LogP contribution in [0.2, 0.25) is 0 Å². The fourth-order valence-electron chi connectivity index (χ4n) is 1.83. The van der Waals surface area contributed by atoms with Crippen LogP contribution in [0.3, 0.4) is 0 Å². The van der Waals surface area contributed by atoms with Gasteiger partial charge in [0.25, 0.3) is 5.91 Å². The summed E-state index contributed by atoms with van der Waals surface area (Å²) in [4.78, 5) is 12.0. The van der Waals surface area contributed by atoms with Gasteiger partial charge in [0, 0.05) is 12.5 Å². The zero-order valence-electron chi connectivity index (χ0n) is 10.8. The molecular weight excluding hydrogens is 266 g/mol. The maximum absolute atomic E-state index is 12.0. The van der Waals surface area contributed by atoms with E-state index in [-0.39, 0.29) is 11.4 Å². The molecule has 1 aromatic rings. The molecule has 0 atom stereocenters. The first-order chi connectivity index (χ1) is 8.96. The van der Waals surface area contributed by atoms with Crippen LogP contribution in [-0.2, 0) is 16.6 Å². The number of rotatable bonds is 6. The average Bonchev–Trinajstić information content (AvgIpc) is 3.07. The monoisotopic (exact) mass is 283 g/mol. The van der Waals surface area contributed by atoms with Gasteiger partial charge in [0.2, 0.25) is 10.0 Å². The third-order valence-corrected chi connectivity index (χ3v) is 4.08. The Bertz CT molecular complexity index is 600. The summed E-state index contributed by atoms with van der Waals surface area (Å²) in [6, 6.07) is 1.68. The Balaban J connectivity index is 2.20. The quantitative estimate of drug-likeness (QED) is 0.790. The van der Waals surface area contributed by atoms with Crippen LogP contribution in [-0.4, -0.2) is 29.9 Å². The van der Waals surface area contributed by atoms with Crippen LogP contribution < -0.4 is 4.72 Å². The Morgan fingerprint density at radius 1 is 1.63 bits per heavy atom. The molecule has 1 amide bonds. The highest BCUT2D eigenvalue weighted by Gasteiger charge is 2.29. The van der Waals surface area contributed by atoms with E-state index < -0.39 is 15.9 Å². The lowest BCUT2D eigenvalue weighted by Crippen LogP contribution is -2.33. The number of carbonyl (C=O) groups is 1. The van der Waals surface area contributed by atoms with Crippen molar-refractivity contribution in [1.82, 2.24) is 14.5 Å². The maximum Gasteiger partial charge on any atom is 0.283 e. The first kappa shape index (κ1) is 13.8. The standard InChI is InChI=1S/C12H17N3O3S/c1-3-7-19(17,18)14-12(16)11-8-10(9-5-6-9)13-15(11)4-2/h3,8-9H,1,4-7H2,2H3,(H,14,16). The summed E-state index contributed by atoms with van der Waals surface area (Å²) < 4.78 is 26.6. The van der Waals surface area contributed by atoms with E-state index in [2.05, 4.69) is 11.7 Å². The second-order valence-corrected chi connectivity index (χ2v) is 6.31. The van der Waals surface area contributed by atoms with Gasteiger partial charge in [-0.1, -0.05) is 6.08 Å². The van der Waals surface area contributed by atoms with Crippen LogP contribution >= 0.6 is 0 Å². The Morgan fingerprint density at radius 3 is 2.84 bits per heavy atom. The first-order valence-electron chi connectivity index (χ1n) is 6.20. The molecule has 1 fully saturated rings. The van der Waals surface area contributed by atoms with Crippen molar-refractivity contribution in [3.8, 4) is 0 Å². The summed E-state index contributed by atoms with van der Waals surface area (Å²) in [7, 11) is -3.66. The number of aryl methyl sites for hydroxylation is 1. The molecular formula is C12H17N3O3S. The number of sulfonamides is 1. The van der Waals surface area contributed by atoms with Gasteiger partial charge in [0.1, 0.15) is 5.69 Å². The molecule has 0 aromatic carbocycles. The number of aromatic nitrogens is 2. The van der Waals surface area contributed by atoms with Gasteiger partial charge in [0.15, 0.2) is 0 Å². The molecule has 0 bridgehead atoms. The highest BCUT2D eigenvalue weighted by atomic mass is 32.2. The van der Waals surface area contributed by atoms with Gasteiger partial charge < -0.3 is 0 Å². The second-order valence-electron chi connectivity index (χ2n) is 4.55. The molecule has 1 aliphatic carbocycles. The number of nitrogens with one attached hydrogen (secondary N) is 1. The van der Waals surface area contributed by atoms with Crippen LogP contribution in [0, 0.1) is 0 Å². The van der Waals surface area contributed by atoms with Gasteiger partial charge >= 0.3 is 0 Å². The molecule has 104 valence electrons. The molecule has 1 saturated carbocycles. The molecule has 1 aliphatic rings. The van der Waals surface area contributed by atoms with Crippen molar-refractivity contribution in [3.63, 3.8) is 0 Å². The third-order valence-electron chi connectivity index (χ3n) is 2.91. The summed E-state index contributed by atoms with van der Waals surface area (Å²) in [5.41, 5.74) is 1.16. The van der Waals surface area contributed by atoms with Crippen LogP contribution in [0.4, 0.5) is 0 Å². The van der Waals surface area contributed by atoms with Crippen molar-refractivity contribution in [2.75, 3.05) is 5.75 Å². The van der Waals surface area contributed by atoms with Crippen molar-refractivity contribution in [1.29, 1.82) is 0 Å². The van der Waals surface area contributed by atoms with Gasteiger partial charge in [0.05, 0.1) is 11.4 Å². The molecule has 0 aliphatic heterocycles. The zero-order chi connectivity index (χ0) is 14.0. The van der Waals surface area contributed by atoms with E-state index in [1.807, 2.05) is 11.6 Å². The molecule has 1 aromatic heterocycles. The van der Waals surface area contributed by atoms with Crippen LogP contribution in [0.5, 0.6) is 0 Å². The molecule has 0 saturated heterocycles. The molecule has 0 radical (unpaired) electrons. The number of carbonyl (C=O) groups excluding carboxylic acids is 1. The first-order valence-corrected chi connectivity index (χ1v) is 7.85. The van der Waals surface area contributed by atoms with Gasteiger partial charge in [-0.15, -0.1) is 6.58 Å². The Morgan fingerprint density at radius 2 is 2.32 bits per heavy atom. The highest BCUT2D eigenvalue weighted by molar-refractivity contribution is 7.90. The SMILES string of the molecule is C=CCS(=O)(=O)NC(=O)c1cc(C2CC2)nn1CC. The fourth-order valence-corrected chi connectivity index (χ4v) is 2.61. The largest absolute Gasteiger partial charge is 0.283 e. The van der Waals surface area contributed by atoms with E-state index >= 15 is 0 Å². The van der Waals surface area contributed by atoms with Crippen LogP contribution in [0.1, 0.15) is 41.9 Å². The minimum atomic E-state index is -3.66. The molecule has 0 unspecified atom stereocenters. The predicted octanol–water partition coefficient (Wildman–Crippen LogP) is 1.03. The van der Waals surface area contributed by atoms with Gasteiger partial charge in [-0.05, 0) is 25.8 Å². The van der Waals surface area contributed by atoms with Crippen molar-refractivity contribution in [3.05, 3.63) is 30.1 Å². The van der Waals surface area contributed by atoms with Crippen molar-refractivity contribution >= 4 is 15.9 Å². The minimum absolute atomic E-state index is 0.283.